The number of nitrogens with zero attached hydrogens (tertiary/aromatic N) is 5. The molecule has 1 aliphatic heterocycles. The lowest BCUT2D eigenvalue weighted by Gasteiger charge is -2.33. The van der Waals surface area contributed by atoms with Gasteiger partial charge in [-0.05, 0) is 37.8 Å². The maximum Gasteiger partial charge on any atom is 0.491 e. The lowest BCUT2D eigenvalue weighted by molar-refractivity contribution is -0.189. The van der Waals surface area contributed by atoms with Crippen LogP contribution in [0, 0.1) is 12.8 Å². The fourth-order valence-corrected chi connectivity index (χ4v) is 4.67. The van der Waals surface area contributed by atoms with Crippen molar-refractivity contribution in [2.24, 2.45) is 5.92 Å². The minimum Gasteiger partial charge on any atom is -0.507 e. The van der Waals surface area contributed by atoms with Crippen LogP contribution in [0.2, 0.25) is 0 Å². The zero-order valence-electron chi connectivity index (χ0n) is 18.5. The van der Waals surface area contributed by atoms with E-state index in [0.717, 1.165) is 18.1 Å². The predicted molar refractivity (Wildman–Crippen MR) is 121 cm³/mol. The number of piperazine rings is 1. The second-order valence-electron chi connectivity index (χ2n) is 8.50. The van der Waals surface area contributed by atoms with Crippen molar-refractivity contribution in [2.45, 2.75) is 32.0 Å². The number of carbonyl (C=O) groups is 1. The number of anilines is 1. The molecule has 1 saturated carbocycles. The highest BCUT2D eigenvalue weighted by Gasteiger charge is 2.42. The molecule has 35 heavy (non-hydrogen) atoms. The Balaban J connectivity index is 1.48. The average molecular weight is 507 g/mol. The van der Waals surface area contributed by atoms with Crippen molar-refractivity contribution in [1.82, 2.24) is 25.5 Å². The van der Waals surface area contributed by atoms with Crippen LogP contribution >= 0.6 is 11.3 Å². The first kappa shape index (κ1) is 23.4. The number of phenolic OH excluding ortho intramolecular Hbond substituents is 1. The molecule has 5 rings (SSSR count). The fourth-order valence-electron chi connectivity index (χ4n) is 4.04. The van der Waals surface area contributed by atoms with Gasteiger partial charge in [0.05, 0.1) is 22.5 Å². The zero-order chi connectivity index (χ0) is 24.7. The van der Waals surface area contributed by atoms with E-state index in [1.807, 2.05) is 4.90 Å². The minimum absolute atomic E-state index is 0.0360. The summed E-state index contributed by atoms with van der Waals surface area (Å²) >= 11 is 1.33. The number of hydrogen-bond acceptors (Lipinski definition) is 10. The Bertz CT molecular complexity index is 1250. The van der Waals surface area contributed by atoms with Crippen LogP contribution in [-0.4, -0.2) is 63.1 Å². The molecule has 1 aliphatic carbocycles. The van der Waals surface area contributed by atoms with E-state index in [1.54, 1.807) is 12.3 Å². The summed E-state index contributed by atoms with van der Waals surface area (Å²) < 4.78 is 43.5. The summed E-state index contributed by atoms with van der Waals surface area (Å²) in [5.74, 6) is -2.36. The van der Waals surface area contributed by atoms with Crippen LogP contribution in [0.1, 0.15) is 17.8 Å². The molecular formula is C22H21F3N6O3S. The number of carbonyl (C=O) groups excluding carboxylic acids is 1. The van der Waals surface area contributed by atoms with E-state index in [1.165, 1.54) is 42.5 Å². The van der Waals surface area contributed by atoms with Crippen molar-refractivity contribution in [3.63, 3.8) is 0 Å². The highest BCUT2D eigenvalue weighted by atomic mass is 32.1. The molecule has 13 heteroatoms. The molecule has 1 saturated heterocycles. The first-order valence-corrected chi connectivity index (χ1v) is 11.8. The molecule has 1 atom stereocenters. The number of esters is 1. The van der Waals surface area contributed by atoms with Gasteiger partial charge in [0.25, 0.3) is 0 Å². The molecule has 0 radical (unpaired) electrons. The number of alkyl halides is 3. The number of rotatable bonds is 5. The second-order valence-corrected chi connectivity index (χ2v) is 9.56. The first-order valence-electron chi connectivity index (χ1n) is 11.0. The molecule has 0 bridgehead atoms. The number of aryl methyl sites for hydroxylation is 1. The molecule has 0 unspecified atom stereocenters. The van der Waals surface area contributed by atoms with Crippen molar-refractivity contribution in [3.05, 3.63) is 28.7 Å². The lowest BCUT2D eigenvalue weighted by Crippen LogP contribution is -2.52. The maximum absolute atomic E-state index is 12.9. The largest absolute Gasteiger partial charge is 0.507 e. The number of aromatic hydroxyl groups is 1. The van der Waals surface area contributed by atoms with E-state index in [2.05, 4.69) is 30.2 Å². The number of halogens is 3. The van der Waals surface area contributed by atoms with E-state index >= 15 is 0 Å². The van der Waals surface area contributed by atoms with Gasteiger partial charge in [-0.3, -0.25) is 0 Å². The van der Waals surface area contributed by atoms with Gasteiger partial charge in [-0.15, -0.1) is 21.5 Å². The highest BCUT2D eigenvalue weighted by Crippen LogP contribution is 2.41. The number of aromatic nitrogens is 4. The van der Waals surface area contributed by atoms with Gasteiger partial charge >= 0.3 is 12.1 Å². The summed E-state index contributed by atoms with van der Waals surface area (Å²) in [7, 11) is 0. The molecule has 3 aromatic rings. The maximum atomic E-state index is 12.9. The standard InChI is InChI=1S/C22H21F3N6O3S/c1-11-28-16(10-35-11)13-6-17(32)19(18(7-13)34-20(33)22(23,24)25)14-8-27-21(30-29-14)31-5-4-26-15(9-31)12-2-3-12/h6-8,10,12,15,26,32H,2-5,9H2,1H3/t15-/m1/s1. The SMILES string of the molecule is Cc1nc(-c2cc(O)c(-c3cnc(N4CCN[C@@H](C5CC5)C4)nn3)c(OC(=O)C(F)(F)F)c2)cs1. The molecule has 0 spiro atoms. The van der Waals surface area contributed by atoms with Gasteiger partial charge < -0.3 is 20.1 Å². The van der Waals surface area contributed by atoms with Gasteiger partial charge in [-0.25, -0.2) is 14.8 Å². The van der Waals surface area contributed by atoms with Crippen LogP contribution in [0.15, 0.2) is 23.7 Å². The van der Waals surface area contributed by atoms with Crippen molar-refractivity contribution in [2.75, 3.05) is 24.5 Å². The average Bonchev–Trinajstić information content (AvgIpc) is 3.59. The summed E-state index contributed by atoms with van der Waals surface area (Å²) in [5.41, 5.74) is 0.444. The lowest BCUT2D eigenvalue weighted by atomic mass is 10.0. The van der Waals surface area contributed by atoms with E-state index in [-0.39, 0.29) is 16.8 Å². The molecular weight excluding hydrogens is 485 g/mol. The highest BCUT2D eigenvalue weighted by molar-refractivity contribution is 7.09. The third-order valence-corrected chi connectivity index (χ3v) is 6.69. The molecule has 2 N–H and O–H groups in total. The smallest absolute Gasteiger partial charge is 0.491 e. The van der Waals surface area contributed by atoms with Crippen molar-refractivity contribution in [1.29, 1.82) is 0 Å². The summed E-state index contributed by atoms with van der Waals surface area (Å²) in [6.07, 6.45) is -1.55. The van der Waals surface area contributed by atoms with Crippen LogP contribution in [-0.2, 0) is 4.79 Å². The van der Waals surface area contributed by atoms with Crippen LogP contribution in [0.3, 0.4) is 0 Å². The Morgan fingerprint density at radius 1 is 1.26 bits per heavy atom. The van der Waals surface area contributed by atoms with E-state index in [0.29, 0.717) is 30.1 Å². The fraction of sp³-hybridized carbons (Fsp3) is 0.409. The van der Waals surface area contributed by atoms with Crippen LogP contribution < -0.4 is 15.0 Å². The Morgan fingerprint density at radius 3 is 2.69 bits per heavy atom. The number of ether oxygens (including phenoxy) is 1. The second kappa shape index (κ2) is 9.04. The minimum atomic E-state index is -5.23. The van der Waals surface area contributed by atoms with Crippen molar-refractivity contribution >= 4 is 23.3 Å². The summed E-state index contributed by atoms with van der Waals surface area (Å²) in [5, 5.41) is 24.8. The normalized spacial score (nSPS) is 18.5. The summed E-state index contributed by atoms with van der Waals surface area (Å²) in [4.78, 5) is 22.2. The quantitative estimate of drug-likeness (QED) is 0.397. The Hall–Kier alpha value is -3.32. The first-order chi connectivity index (χ1) is 16.7. The molecule has 0 amide bonds. The molecule has 9 nitrogen and oxygen atoms in total. The molecule has 2 fully saturated rings. The molecule has 2 aliphatic rings. The van der Waals surface area contributed by atoms with Crippen LogP contribution in [0.25, 0.3) is 22.5 Å². The van der Waals surface area contributed by atoms with Gasteiger partial charge in [0.15, 0.2) is 0 Å². The third-order valence-electron chi connectivity index (χ3n) is 5.92. The number of nitrogens with one attached hydrogen (secondary N) is 1. The predicted octanol–water partition coefficient (Wildman–Crippen LogP) is 3.33. The van der Waals surface area contributed by atoms with Crippen LogP contribution in [0.4, 0.5) is 19.1 Å². The molecule has 184 valence electrons. The summed E-state index contributed by atoms with van der Waals surface area (Å²) in [6, 6.07) is 2.88. The van der Waals surface area contributed by atoms with Gasteiger partial charge in [-0.2, -0.15) is 13.2 Å². The Kier molecular flexibility index (Phi) is 6.05. The molecule has 1 aromatic carbocycles. The number of hydrogen-bond donors (Lipinski definition) is 2. The van der Waals surface area contributed by atoms with Gasteiger partial charge in [0.2, 0.25) is 5.95 Å². The van der Waals surface area contributed by atoms with E-state index in [9.17, 15) is 23.1 Å². The molecule has 3 heterocycles. The van der Waals surface area contributed by atoms with Gasteiger partial charge in [0, 0.05) is 36.6 Å². The van der Waals surface area contributed by atoms with Gasteiger partial charge in [0.1, 0.15) is 17.2 Å². The monoisotopic (exact) mass is 506 g/mol. The third kappa shape index (κ3) is 5.05. The van der Waals surface area contributed by atoms with Crippen molar-refractivity contribution < 1.29 is 27.8 Å². The topological polar surface area (TPSA) is 113 Å². The van der Waals surface area contributed by atoms with Crippen molar-refractivity contribution in [3.8, 4) is 34.0 Å². The Labute approximate surface area is 202 Å². The number of phenols is 1. The summed E-state index contributed by atoms with van der Waals surface area (Å²) in [6.45, 7) is 3.96. The molecule has 2 aromatic heterocycles. The Morgan fingerprint density at radius 2 is 2.06 bits per heavy atom. The van der Waals surface area contributed by atoms with Gasteiger partial charge in [-0.1, -0.05) is 0 Å². The van der Waals surface area contributed by atoms with Crippen LogP contribution in [0.5, 0.6) is 11.5 Å². The van der Waals surface area contributed by atoms with E-state index < -0.39 is 23.6 Å². The number of benzene rings is 1. The number of thiazole rings is 1. The van der Waals surface area contributed by atoms with E-state index in [4.69, 9.17) is 0 Å². The zero-order valence-corrected chi connectivity index (χ0v) is 19.4.